The Hall–Kier alpha value is -1.84. The first-order valence-corrected chi connectivity index (χ1v) is 6.73. The van der Waals surface area contributed by atoms with Crippen LogP contribution in [0.4, 0.5) is 4.39 Å². The smallest absolute Gasteiger partial charge is 0.223 e. The maximum atomic E-state index is 13.4. The summed E-state index contributed by atoms with van der Waals surface area (Å²) in [5.74, 6) is -0.0463. The number of amides is 1. The van der Waals surface area contributed by atoms with Crippen molar-refractivity contribution in [1.82, 2.24) is 9.88 Å². The molecule has 3 rings (SSSR count). The zero-order valence-electron chi connectivity index (χ0n) is 10.9. The zero-order valence-corrected chi connectivity index (χ0v) is 10.9. The topological polar surface area (TPSA) is 36.1 Å². The van der Waals surface area contributed by atoms with Crippen molar-refractivity contribution in [2.75, 3.05) is 6.54 Å². The highest BCUT2D eigenvalue weighted by molar-refractivity contribution is 5.85. The summed E-state index contributed by atoms with van der Waals surface area (Å²) in [5.41, 5.74) is 1.90. The Balaban J connectivity index is 1.99. The number of hydrogen-bond acceptors (Lipinski definition) is 1. The Labute approximate surface area is 111 Å². The van der Waals surface area contributed by atoms with E-state index in [1.165, 1.54) is 12.1 Å². The molecule has 0 saturated carbocycles. The number of carbonyl (C=O) groups is 1. The number of rotatable bonds is 2. The van der Waals surface area contributed by atoms with Crippen LogP contribution in [0.2, 0.25) is 0 Å². The molecule has 1 atom stereocenters. The van der Waals surface area contributed by atoms with Crippen molar-refractivity contribution in [2.24, 2.45) is 0 Å². The van der Waals surface area contributed by atoms with Crippen molar-refractivity contribution in [3.8, 4) is 0 Å². The van der Waals surface area contributed by atoms with E-state index >= 15 is 0 Å². The lowest BCUT2D eigenvalue weighted by Gasteiger charge is -2.32. The van der Waals surface area contributed by atoms with Crippen molar-refractivity contribution in [1.29, 1.82) is 0 Å². The van der Waals surface area contributed by atoms with Crippen LogP contribution in [0.15, 0.2) is 24.4 Å². The molecule has 1 aliphatic rings. The first-order valence-electron chi connectivity index (χ1n) is 6.73. The maximum Gasteiger partial charge on any atom is 0.223 e. The molecule has 1 amide bonds. The van der Waals surface area contributed by atoms with Gasteiger partial charge in [0.05, 0.1) is 6.04 Å². The number of aromatic nitrogens is 1. The molecule has 0 aliphatic carbocycles. The maximum absolute atomic E-state index is 13.4. The second-order valence-corrected chi connectivity index (χ2v) is 5.15. The van der Waals surface area contributed by atoms with E-state index in [9.17, 15) is 9.18 Å². The minimum absolute atomic E-state index is 0.0108. The van der Waals surface area contributed by atoms with Crippen LogP contribution in [0.1, 0.15) is 37.8 Å². The molecule has 100 valence electrons. The molecular formula is C15H17FN2O. The lowest BCUT2D eigenvalue weighted by Crippen LogP contribution is -2.37. The molecule has 1 saturated heterocycles. The highest BCUT2D eigenvalue weighted by Crippen LogP contribution is 2.30. The fourth-order valence-corrected chi connectivity index (χ4v) is 2.86. The second-order valence-electron chi connectivity index (χ2n) is 5.15. The molecule has 0 radical (unpaired) electrons. The number of fused-ring (bicyclic) bond motifs is 1. The first-order chi connectivity index (χ1) is 9.16. The van der Waals surface area contributed by atoms with E-state index in [2.05, 4.69) is 4.98 Å². The number of carbonyl (C=O) groups excluding carboxylic acids is 1. The van der Waals surface area contributed by atoms with Gasteiger partial charge in [-0.1, -0.05) is 0 Å². The van der Waals surface area contributed by atoms with Crippen LogP contribution < -0.4 is 0 Å². The van der Waals surface area contributed by atoms with E-state index < -0.39 is 0 Å². The number of hydrogen-bond donors (Lipinski definition) is 1. The zero-order chi connectivity index (χ0) is 13.4. The summed E-state index contributed by atoms with van der Waals surface area (Å²) in [6, 6.07) is 4.70. The van der Waals surface area contributed by atoms with Gasteiger partial charge >= 0.3 is 0 Å². The van der Waals surface area contributed by atoms with Gasteiger partial charge in [-0.3, -0.25) is 4.79 Å². The molecule has 2 heterocycles. The molecule has 1 fully saturated rings. The van der Waals surface area contributed by atoms with Gasteiger partial charge in [0, 0.05) is 30.1 Å². The number of piperidine rings is 1. The summed E-state index contributed by atoms with van der Waals surface area (Å²) < 4.78 is 13.4. The van der Waals surface area contributed by atoms with Crippen molar-refractivity contribution in [2.45, 2.75) is 32.2 Å². The first kappa shape index (κ1) is 12.2. The SMILES string of the molecule is CC(c1c[nH]c2ccc(F)cc12)N1CCCCC1=O. The van der Waals surface area contributed by atoms with E-state index in [1.807, 2.05) is 18.0 Å². The average Bonchev–Trinajstić information content (AvgIpc) is 2.81. The molecule has 1 aromatic carbocycles. The third kappa shape index (κ3) is 2.11. The van der Waals surface area contributed by atoms with Crippen molar-refractivity contribution in [3.05, 3.63) is 35.8 Å². The highest BCUT2D eigenvalue weighted by atomic mass is 19.1. The lowest BCUT2D eigenvalue weighted by atomic mass is 10.0. The summed E-state index contributed by atoms with van der Waals surface area (Å²) in [4.78, 5) is 17.0. The van der Waals surface area contributed by atoms with E-state index in [0.717, 1.165) is 35.9 Å². The number of likely N-dealkylation sites (tertiary alicyclic amines) is 1. The number of benzene rings is 1. The number of nitrogens with zero attached hydrogens (tertiary/aromatic N) is 1. The van der Waals surface area contributed by atoms with E-state index in [1.54, 1.807) is 6.07 Å². The van der Waals surface area contributed by atoms with Crippen LogP contribution in [-0.4, -0.2) is 22.3 Å². The number of halogens is 1. The summed E-state index contributed by atoms with van der Waals surface area (Å²) in [7, 11) is 0. The molecule has 0 bridgehead atoms. The Morgan fingerprint density at radius 1 is 1.37 bits per heavy atom. The van der Waals surface area contributed by atoms with Crippen molar-refractivity contribution >= 4 is 16.8 Å². The monoisotopic (exact) mass is 260 g/mol. The van der Waals surface area contributed by atoms with Gasteiger partial charge in [0.15, 0.2) is 0 Å². The predicted octanol–water partition coefficient (Wildman–Crippen LogP) is 3.38. The molecule has 1 unspecified atom stereocenters. The van der Waals surface area contributed by atoms with Gasteiger partial charge in [-0.2, -0.15) is 0 Å². The van der Waals surface area contributed by atoms with Crippen LogP contribution >= 0.6 is 0 Å². The van der Waals surface area contributed by atoms with Gasteiger partial charge in [0.1, 0.15) is 5.82 Å². The Kier molecular flexibility index (Phi) is 3.01. The molecule has 0 spiro atoms. The molecule has 2 aromatic rings. The number of H-pyrrole nitrogens is 1. The number of aromatic amines is 1. The van der Waals surface area contributed by atoms with Crippen LogP contribution in [-0.2, 0) is 4.79 Å². The Morgan fingerprint density at radius 3 is 3.00 bits per heavy atom. The third-order valence-corrected chi connectivity index (χ3v) is 3.95. The molecule has 1 aromatic heterocycles. The summed E-state index contributed by atoms with van der Waals surface area (Å²) in [6.45, 7) is 2.80. The summed E-state index contributed by atoms with van der Waals surface area (Å²) >= 11 is 0. The predicted molar refractivity (Wildman–Crippen MR) is 72.2 cm³/mol. The number of nitrogens with one attached hydrogen (secondary N) is 1. The van der Waals surface area contributed by atoms with Crippen LogP contribution in [0.25, 0.3) is 10.9 Å². The van der Waals surface area contributed by atoms with Crippen LogP contribution in [0, 0.1) is 5.82 Å². The van der Waals surface area contributed by atoms with E-state index in [0.29, 0.717) is 6.42 Å². The minimum Gasteiger partial charge on any atom is -0.361 e. The van der Waals surface area contributed by atoms with Crippen molar-refractivity contribution in [3.63, 3.8) is 0 Å². The van der Waals surface area contributed by atoms with Crippen molar-refractivity contribution < 1.29 is 9.18 Å². The standard InChI is InChI=1S/C15H17FN2O/c1-10(18-7-3-2-4-15(18)19)13-9-17-14-6-5-11(16)8-12(13)14/h5-6,8-10,17H,2-4,7H2,1H3. The lowest BCUT2D eigenvalue weighted by molar-refractivity contribution is -0.135. The van der Waals surface area contributed by atoms with E-state index in [4.69, 9.17) is 0 Å². The fourth-order valence-electron chi connectivity index (χ4n) is 2.86. The molecule has 1 N–H and O–H groups in total. The molecule has 19 heavy (non-hydrogen) atoms. The molecule has 4 heteroatoms. The second kappa shape index (κ2) is 4.68. The highest BCUT2D eigenvalue weighted by Gasteiger charge is 2.25. The fraction of sp³-hybridized carbons (Fsp3) is 0.400. The van der Waals surface area contributed by atoms with Gasteiger partial charge in [-0.05, 0) is 43.5 Å². The molecular weight excluding hydrogens is 243 g/mol. The normalized spacial score (nSPS) is 18.0. The average molecular weight is 260 g/mol. The van der Waals surface area contributed by atoms with Gasteiger partial charge < -0.3 is 9.88 Å². The largest absolute Gasteiger partial charge is 0.361 e. The van der Waals surface area contributed by atoms with Crippen LogP contribution in [0.3, 0.4) is 0 Å². The Bertz CT molecular complexity index is 620. The third-order valence-electron chi connectivity index (χ3n) is 3.95. The summed E-state index contributed by atoms with van der Waals surface area (Å²) in [6.07, 6.45) is 4.54. The van der Waals surface area contributed by atoms with Gasteiger partial charge in [0.2, 0.25) is 5.91 Å². The molecule has 1 aliphatic heterocycles. The summed E-state index contributed by atoms with van der Waals surface area (Å²) in [5, 5.41) is 0.867. The van der Waals surface area contributed by atoms with Gasteiger partial charge in [-0.15, -0.1) is 0 Å². The van der Waals surface area contributed by atoms with E-state index in [-0.39, 0.29) is 17.8 Å². The van der Waals surface area contributed by atoms with Gasteiger partial charge in [0.25, 0.3) is 0 Å². The Morgan fingerprint density at radius 2 is 2.21 bits per heavy atom. The quantitative estimate of drug-likeness (QED) is 0.882. The molecule has 3 nitrogen and oxygen atoms in total. The minimum atomic E-state index is -0.245. The van der Waals surface area contributed by atoms with Gasteiger partial charge in [-0.25, -0.2) is 4.39 Å². The van der Waals surface area contributed by atoms with Crippen LogP contribution in [0.5, 0.6) is 0 Å².